The quantitative estimate of drug-likeness (QED) is 0.432. The molecule has 0 fully saturated rings. The number of nitrogens with one attached hydrogen (secondary N) is 2. The fourth-order valence-electron chi connectivity index (χ4n) is 2.28. The van der Waals surface area contributed by atoms with E-state index in [1.54, 1.807) is 25.1 Å². The lowest BCUT2D eigenvalue weighted by Gasteiger charge is -2.17. The number of urea groups is 1. The summed E-state index contributed by atoms with van der Waals surface area (Å²) in [6.45, 7) is 1.95. The van der Waals surface area contributed by atoms with E-state index >= 15 is 0 Å². The van der Waals surface area contributed by atoms with E-state index < -0.39 is 40.2 Å². The van der Waals surface area contributed by atoms with Crippen molar-refractivity contribution in [3.63, 3.8) is 0 Å². The Hall–Kier alpha value is -3.46. The molecule has 2 aromatic carbocycles. The molecule has 0 heterocycles. The first-order valence-corrected chi connectivity index (χ1v) is 8.49. The molecule has 2 rings (SSSR count). The topological polar surface area (TPSA) is 128 Å². The van der Waals surface area contributed by atoms with Crippen molar-refractivity contribution in [3.05, 3.63) is 74.8 Å². The van der Waals surface area contributed by atoms with Gasteiger partial charge < -0.3 is 10.1 Å². The van der Waals surface area contributed by atoms with E-state index in [0.717, 1.165) is 12.1 Å². The van der Waals surface area contributed by atoms with Gasteiger partial charge in [-0.25, -0.2) is 9.59 Å². The molecule has 0 unspecified atom stereocenters. The van der Waals surface area contributed by atoms with Gasteiger partial charge in [-0.2, -0.15) is 0 Å². The van der Waals surface area contributed by atoms with Gasteiger partial charge in [0.05, 0.1) is 4.92 Å². The smallest absolute Gasteiger partial charge is 0.346 e. The van der Waals surface area contributed by atoms with Gasteiger partial charge in [0.2, 0.25) is 6.10 Å². The number of halogens is 1. The van der Waals surface area contributed by atoms with Gasteiger partial charge in [0.15, 0.2) is 0 Å². The summed E-state index contributed by atoms with van der Waals surface area (Å²) < 4.78 is 5.22. The number of esters is 1. The van der Waals surface area contributed by atoms with Crippen LogP contribution in [0.4, 0.5) is 10.5 Å². The number of imide groups is 1. The average Bonchev–Trinajstić information content (AvgIpc) is 2.66. The summed E-state index contributed by atoms with van der Waals surface area (Å²) in [5, 5.41) is 15.7. The van der Waals surface area contributed by atoms with Crippen LogP contribution in [0.15, 0.2) is 48.5 Å². The summed E-state index contributed by atoms with van der Waals surface area (Å²) in [6, 6.07) is 10.6. The molecule has 28 heavy (non-hydrogen) atoms. The number of hydrogen-bond acceptors (Lipinski definition) is 6. The first-order chi connectivity index (χ1) is 13.3. The number of ether oxygens (including phenoxy) is 1. The highest BCUT2D eigenvalue weighted by Gasteiger charge is 2.30. The predicted molar refractivity (Wildman–Crippen MR) is 99.9 cm³/mol. The van der Waals surface area contributed by atoms with E-state index in [-0.39, 0.29) is 17.1 Å². The van der Waals surface area contributed by atoms with Crippen LogP contribution in [-0.2, 0) is 9.53 Å². The highest BCUT2D eigenvalue weighted by Crippen LogP contribution is 2.26. The highest BCUT2D eigenvalue weighted by molar-refractivity contribution is 6.31. The molecule has 9 nitrogen and oxygen atoms in total. The Morgan fingerprint density at radius 2 is 1.86 bits per heavy atom. The molecule has 0 aliphatic heterocycles. The van der Waals surface area contributed by atoms with Crippen molar-refractivity contribution in [3.8, 4) is 0 Å². The lowest BCUT2D eigenvalue weighted by molar-refractivity contribution is -0.385. The van der Waals surface area contributed by atoms with Crippen LogP contribution in [-0.4, -0.2) is 29.4 Å². The lowest BCUT2D eigenvalue weighted by Crippen LogP contribution is -2.42. The molecule has 0 aromatic heterocycles. The number of carbonyl (C=O) groups is 3. The van der Waals surface area contributed by atoms with Crippen molar-refractivity contribution in [1.29, 1.82) is 0 Å². The molecular formula is C18H16ClN3O6. The van der Waals surface area contributed by atoms with Crippen molar-refractivity contribution in [2.45, 2.75) is 13.0 Å². The van der Waals surface area contributed by atoms with Gasteiger partial charge in [0.25, 0.3) is 11.6 Å². The molecule has 0 spiro atoms. The second-order valence-corrected chi connectivity index (χ2v) is 5.90. The fourth-order valence-corrected chi connectivity index (χ4v) is 2.46. The van der Waals surface area contributed by atoms with Crippen LogP contribution in [0, 0.1) is 10.1 Å². The zero-order valence-electron chi connectivity index (χ0n) is 14.7. The minimum atomic E-state index is -1.50. The number of benzene rings is 2. The second kappa shape index (κ2) is 9.47. The van der Waals surface area contributed by atoms with Crippen molar-refractivity contribution in [2.75, 3.05) is 6.54 Å². The Morgan fingerprint density at radius 1 is 1.18 bits per heavy atom. The molecule has 3 amide bonds. The predicted octanol–water partition coefficient (Wildman–Crippen LogP) is 2.99. The zero-order valence-corrected chi connectivity index (χ0v) is 15.4. The summed E-state index contributed by atoms with van der Waals surface area (Å²) in [5.41, 5.74) is -0.656. The molecule has 0 saturated carbocycles. The molecule has 0 aliphatic rings. The van der Waals surface area contributed by atoms with Crippen molar-refractivity contribution in [1.82, 2.24) is 10.6 Å². The van der Waals surface area contributed by atoms with Gasteiger partial charge in [0, 0.05) is 23.2 Å². The van der Waals surface area contributed by atoms with Crippen LogP contribution < -0.4 is 10.6 Å². The molecule has 0 saturated heterocycles. The van der Waals surface area contributed by atoms with Crippen LogP contribution in [0.25, 0.3) is 0 Å². The summed E-state index contributed by atoms with van der Waals surface area (Å²) in [7, 11) is 0. The van der Waals surface area contributed by atoms with Crippen LogP contribution in [0.2, 0.25) is 5.02 Å². The molecule has 0 radical (unpaired) electrons. The molecule has 2 N–H and O–H groups in total. The van der Waals surface area contributed by atoms with Crippen LogP contribution in [0.1, 0.15) is 28.9 Å². The molecule has 10 heteroatoms. The maximum atomic E-state index is 12.6. The number of nitro groups is 1. The Morgan fingerprint density at radius 3 is 2.46 bits per heavy atom. The van der Waals surface area contributed by atoms with Gasteiger partial charge in [-0.3, -0.25) is 20.2 Å². The fraction of sp³-hybridized carbons (Fsp3) is 0.167. The maximum Gasteiger partial charge on any atom is 0.346 e. The molecule has 146 valence electrons. The van der Waals surface area contributed by atoms with E-state index in [1.807, 2.05) is 0 Å². The first kappa shape index (κ1) is 20.8. The SMILES string of the molecule is CCNC(=O)NC(=O)[C@@H](OC(=O)c1cc(Cl)ccc1[N+](=O)[O-])c1ccccc1. The largest absolute Gasteiger partial charge is 0.443 e. The zero-order chi connectivity index (χ0) is 20.7. The van der Waals surface area contributed by atoms with E-state index in [2.05, 4.69) is 10.6 Å². The van der Waals surface area contributed by atoms with Crippen molar-refractivity contribution >= 4 is 35.2 Å². The first-order valence-electron chi connectivity index (χ1n) is 8.12. The molecule has 2 aromatic rings. The Kier molecular flexibility index (Phi) is 7.05. The highest BCUT2D eigenvalue weighted by atomic mass is 35.5. The van der Waals surface area contributed by atoms with Crippen molar-refractivity contribution < 1.29 is 24.0 Å². The molecule has 0 aliphatic carbocycles. The average molecular weight is 406 g/mol. The third kappa shape index (κ3) is 5.27. The standard InChI is InChI=1S/C18H16ClN3O6/c1-2-20-18(25)21-16(23)15(11-6-4-3-5-7-11)28-17(24)13-10-12(19)8-9-14(13)22(26)27/h3-10,15H,2H2,1H3,(H2,20,21,23,25)/t15-/m0/s1. The van der Waals surface area contributed by atoms with Gasteiger partial charge in [-0.05, 0) is 19.1 Å². The molecular weight excluding hydrogens is 390 g/mol. The Balaban J connectivity index is 2.34. The van der Waals surface area contributed by atoms with E-state index in [9.17, 15) is 24.5 Å². The van der Waals surface area contributed by atoms with Crippen molar-refractivity contribution in [2.24, 2.45) is 0 Å². The Labute approximate surface area is 164 Å². The van der Waals surface area contributed by atoms with Crippen LogP contribution >= 0.6 is 11.6 Å². The van der Waals surface area contributed by atoms with Crippen LogP contribution in [0.3, 0.4) is 0 Å². The van der Waals surface area contributed by atoms with E-state index in [1.165, 1.54) is 18.2 Å². The summed E-state index contributed by atoms with van der Waals surface area (Å²) in [4.78, 5) is 47.1. The number of hydrogen-bond donors (Lipinski definition) is 2. The van der Waals surface area contributed by atoms with Gasteiger partial charge >= 0.3 is 12.0 Å². The monoisotopic (exact) mass is 405 g/mol. The summed E-state index contributed by atoms with van der Waals surface area (Å²) in [6.07, 6.45) is -1.50. The molecule has 0 bridgehead atoms. The normalized spacial score (nSPS) is 11.2. The number of amides is 3. The summed E-state index contributed by atoms with van der Waals surface area (Å²) >= 11 is 5.82. The number of nitro benzene ring substituents is 1. The minimum Gasteiger partial charge on any atom is -0.443 e. The number of nitrogens with zero attached hydrogens (tertiary/aromatic N) is 1. The van der Waals surface area contributed by atoms with Gasteiger partial charge in [-0.1, -0.05) is 41.9 Å². The van der Waals surface area contributed by atoms with E-state index in [4.69, 9.17) is 16.3 Å². The Bertz CT molecular complexity index is 903. The number of carbonyl (C=O) groups excluding carboxylic acids is 3. The second-order valence-electron chi connectivity index (χ2n) is 5.46. The lowest BCUT2D eigenvalue weighted by atomic mass is 10.1. The number of rotatable bonds is 6. The van der Waals surface area contributed by atoms with Gasteiger partial charge in [-0.15, -0.1) is 0 Å². The van der Waals surface area contributed by atoms with Crippen LogP contribution in [0.5, 0.6) is 0 Å². The van der Waals surface area contributed by atoms with E-state index in [0.29, 0.717) is 0 Å². The summed E-state index contributed by atoms with van der Waals surface area (Å²) in [5.74, 6) is -2.04. The minimum absolute atomic E-state index is 0.0839. The maximum absolute atomic E-state index is 12.6. The molecule has 1 atom stereocenters. The third-order valence-electron chi connectivity index (χ3n) is 3.51. The third-order valence-corrected chi connectivity index (χ3v) is 3.75. The van der Waals surface area contributed by atoms with Gasteiger partial charge in [0.1, 0.15) is 5.56 Å².